The predicted molar refractivity (Wildman–Crippen MR) is 153 cm³/mol. The molecule has 9 heteroatoms. The smallest absolute Gasteiger partial charge is 0.407 e. The van der Waals surface area contributed by atoms with Gasteiger partial charge in [0.1, 0.15) is 5.75 Å². The number of amides is 1. The quantitative estimate of drug-likeness (QED) is 0.258. The molecule has 1 amide bonds. The van der Waals surface area contributed by atoms with Crippen molar-refractivity contribution in [2.75, 3.05) is 18.4 Å². The molecule has 6 rings (SSSR count). The van der Waals surface area contributed by atoms with Crippen molar-refractivity contribution in [2.24, 2.45) is 0 Å². The van der Waals surface area contributed by atoms with Gasteiger partial charge in [-0.25, -0.2) is 19.7 Å². The Kier molecular flexibility index (Phi) is 6.93. The van der Waals surface area contributed by atoms with Crippen LogP contribution in [0.1, 0.15) is 18.4 Å². The summed E-state index contributed by atoms with van der Waals surface area (Å²) in [5.41, 5.74) is 4.28. The van der Waals surface area contributed by atoms with Gasteiger partial charge in [0, 0.05) is 48.7 Å². The zero-order valence-corrected chi connectivity index (χ0v) is 22.0. The van der Waals surface area contributed by atoms with Crippen LogP contribution in [0.25, 0.3) is 33.3 Å². The first-order valence-electron chi connectivity index (χ1n) is 13.2. The van der Waals surface area contributed by atoms with Crippen LogP contribution in [0.5, 0.6) is 11.6 Å². The molecule has 0 saturated carbocycles. The second-order valence-electron chi connectivity index (χ2n) is 9.76. The van der Waals surface area contributed by atoms with E-state index in [1.54, 1.807) is 18.6 Å². The minimum absolute atomic E-state index is 0.0589. The second-order valence-corrected chi connectivity index (χ2v) is 9.76. The number of hydrogen-bond donors (Lipinski definition) is 2. The number of likely N-dealkylation sites (tertiary alicyclic amines) is 1. The number of nitrogens with zero attached hydrogens (tertiary/aromatic N) is 5. The fraction of sp³-hybridized carbons (Fsp3) is 0.194. The molecule has 1 saturated heterocycles. The predicted octanol–water partition coefficient (Wildman–Crippen LogP) is 6.41. The molecule has 0 aliphatic carbocycles. The third-order valence-electron chi connectivity index (χ3n) is 7.08. The van der Waals surface area contributed by atoms with Crippen LogP contribution in [0, 0.1) is 6.92 Å². The zero-order valence-electron chi connectivity index (χ0n) is 22.0. The highest BCUT2D eigenvalue weighted by Gasteiger charge is 2.24. The molecule has 0 radical (unpaired) electrons. The van der Waals surface area contributed by atoms with Gasteiger partial charge in [-0.3, -0.25) is 4.98 Å². The number of carbonyl (C=O) groups is 1. The lowest BCUT2D eigenvalue weighted by Crippen LogP contribution is -2.44. The Balaban J connectivity index is 1.33. The molecule has 1 fully saturated rings. The molecule has 0 bridgehead atoms. The van der Waals surface area contributed by atoms with Gasteiger partial charge in [0.2, 0.25) is 11.8 Å². The molecule has 0 spiro atoms. The van der Waals surface area contributed by atoms with Crippen molar-refractivity contribution >= 4 is 22.8 Å². The number of carboxylic acid groups (broad SMARTS) is 1. The first-order chi connectivity index (χ1) is 19.6. The molecule has 1 atom stereocenters. The van der Waals surface area contributed by atoms with E-state index in [0.717, 1.165) is 51.7 Å². The summed E-state index contributed by atoms with van der Waals surface area (Å²) in [7, 11) is 0. The Morgan fingerprint density at radius 2 is 1.77 bits per heavy atom. The summed E-state index contributed by atoms with van der Waals surface area (Å²) in [6.07, 6.45) is 5.90. The molecule has 1 aliphatic heterocycles. The third kappa shape index (κ3) is 5.13. The van der Waals surface area contributed by atoms with Crippen LogP contribution in [0.15, 0.2) is 85.3 Å². The topological polar surface area (TPSA) is 113 Å². The maximum absolute atomic E-state index is 11.4. The molecule has 200 valence electrons. The zero-order chi connectivity index (χ0) is 27.5. The average molecular weight is 533 g/mol. The Morgan fingerprint density at radius 1 is 0.900 bits per heavy atom. The number of aryl methyl sites for hydroxylation is 1. The van der Waals surface area contributed by atoms with E-state index < -0.39 is 6.09 Å². The number of pyridine rings is 2. The molecule has 40 heavy (non-hydrogen) atoms. The van der Waals surface area contributed by atoms with E-state index >= 15 is 0 Å². The summed E-state index contributed by atoms with van der Waals surface area (Å²) in [6.45, 7) is 2.95. The summed E-state index contributed by atoms with van der Waals surface area (Å²) in [4.78, 5) is 31.1. The highest BCUT2D eigenvalue weighted by Crippen LogP contribution is 2.39. The van der Waals surface area contributed by atoms with E-state index in [1.807, 2.05) is 61.5 Å². The van der Waals surface area contributed by atoms with Crippen molar-refractivity contribution in [1.82, 2.24) is 24.8 Å². The van der Waals surface area contributed by atoms with Gasteiger partial charge >= 0.3 is 6.09 Å². The average Bonchev–Trinajstić information content (AvgIpc) is 2.99. The number of ether oxygens (including phenoxy) is 1. The van der Waals surface area contributed by atoms with Gasteiger partial charge in [-0.1, -0.05) is 36.4 Å². The Morgan fingerprint density at radius 3 is 2.62 bits per heavy atom. The normalized spacial score (nSPS) is 15.1. The SMILES string of the molecule is Cc1ccc2c(-c3ccccn3)cccc2c1Oc1ncccc1-c1ccnc(N[C@H]2CCCN(C(=O)O)C2)n1. The van der Waals surface area contributed by atoms with Crippen LogP contribution in [0.4, 0.5) is 10.7 Å². The van der Waals surface area contributed by atoms with E-state index in [-0.39, 0.29) is 6.04 Å². The molecule has 5 aromatic rings. The Hall–Kier alpha value is -5.05. The number of aromatic nitrogens is 4. The molecular formula is C31H28N6O3. The minimum Gasteiger partial charge on any atom is -0.465 e. The van der Waals surface area contributed by atoms with Crippen molar-refractivity contribution in [3.63, 3.8) is 0 Å². The summed E-state index contributed by atoms with van der Waals surface area (Å²) in [5.74, 6) is 1.59. The van der Waals surface area contributed by atoms with E-state index in [1.165, 1.54) is 4.90 Å². The number of benzene rings is 2. The molecule has 9 nitrogen and oxygen atoms in total. The molecule has 4 heterocycles. The lowest BCUT2D eigenvalue weighted by molar-refractivity contribution is 0.132. The van der Waals surface area contributed by atoms with Crippen LogP contribution >= 0.6 is 0 Å². The largest absolute Gasteiger partial charge is 0.465 e. The monoisotopic (exact) mass is 532 g/mol. The summed E-state index contributed by atoms with van der Waals surface area (Å²) in [6, 6.07) is 21.7. The number of nitrogens with one attached hydrogen (secondary N) is 1. The van der Waals surface area contributed by atoms with Gasteiger partial charge in [-0.05, 0) is 61.0 Å². The third-order valence-corrected chi connectivity index (χ3v) is 7.08. The van der Waals surface area contributed by atoms with Crippen LogP contribution in [0.2, 0.25) is 0 Å². The van der Waals surface area contributed by atoms with Crippen molar-refractivity contribution in [1.29, 1.82) is 0 Å². The van der Waals surface area contributed by atoms with Crippen molar-refractivity contribution in [2.45, 2.75) is 25.8 Å². The van der Waals surface area contributed by atoms with Crippen molar-refractivity contribution in [3.8, 4) is 34.1 Å². The van der Waals surface area contributed by atoms with Gasteiger partial charge in [0.25, 0.3) is 0 Å². The van der Waals surface area contributed by atoms with Gasteiger partial charge in [0.05, 0.1) is 17.0 Å². The fourth-order valence-electron chi connectivity index (χ4n) is 5.11. The van der Waals surface area contributed by atoms with E-state index in [4.69, 9.17) is 9.72 Å². The van der Waals surface area contributed by atoms with E-state index in [2.05, 4.69) is 32.4 Å². The maximum atomic E-state index is 11.4. The number of hydrogen-bond acceptors (Lipinski definition) is 7. The van der Waals surface area contributed by atoms with Gasteiger partial charge < -0.3 is 20.1 Å². The molecule has 0 unspecified atom stereocenters. The molecule has 2 N–H and O–H groups in total. The lowest BCUT2D eigenvalue weighted by Gasteiger charge is -2.31. The van der Waals surface area contributed by atoms with Crippen molar-refractivity contribution < 1.29 is 14.6 Å². The molecule has 1 aliphatic rings. The Bertz CT molecular complexity index is 1680. The van der Waals surface area contributed by atoms with Crippen LogP contribution in [-0.4, -0.2) is 55.2 Å². The first-order valence-corrected chi connectivity index (χ1v) is 13.2. The minimum atomic E-state index is -0.908. The van der Waals surface area contributed by atoms with Gasteiger partial charge in [-0.15, -0.1) is 0 Å². The highest BCUT2D eigenvalue weighted by atomic mass is 16.5. The van der Waals surface area contributed by atoms with Gasteiger partial charge in [-0.2, -0.15) is 0 Å². The maximum Gasteiger partial charge on any atom is 0.407 e. The van der Waals surface area contributed by atoms with Gasteiger partial charge in [0.15, 0.2) is 0 Å². The molecule has 2 aromatic carbocycles. The summed E-state index contributed by atoms with van der Waals surface area (Å²) < 4.78 is 6.54. The number of rotatable bonds is 6. The fourth-order valence-corrected chi connectivity index (χ4v) is 5.11. The molecular weight excluding hydrogens is 504 g/mol. The first kappa shape index (κ1) is 25.2. The highest BCUT2D eigenvalue weighted by molar-refractivity contribution is 6.00. The second kappa shape index (κ2) is 11.0. The summed E-state index contributed by atoms with van der Waals surface area (Å²) in [5, 5.41) is 14.7. The van der Waals surface area contributed by atoms with E-state index in [0.29, 0.717) is 30.6 Å². The Labute approximate surface area is 231 Å². The van der Waals surface area contributed by atoms with Crippen LogP contribution in [-0.2, 0) is 0 Å². The molecule has 3 aromatic heterocycles. The standard InChI is InChI=1S/C31H28N6O3/c1-20-12-13-22-23(26-11-2-3-15-32-26)8-4-9-24(22)28(20)40-29-25(10-5-16-33-29)27-14-17-34-30(36-27)35-21-7-6-18-37(19-21)31(38)39/h2-5,8-17,21H,6-7,18-19H2,1H3,(H,38,39)(H,34,35,36)/t21-/m0/s1. The number of piperidine rings is 1. The van der Waals surface area contributed by atoms with Crippen LogP contribution in [0.3, 0.4) is 0 Å². The summed E-state index contributed by atoms with van der Waals surface area (Å²) >= 11 is 0. The van der Waals surface area contributed by atoms with Crippen molar-refractivity contribution in [3.05, 3.63) is 90.9 Å². The van der Waals surface area contributed by atoms with Crippen LogP contribution < -0.4 is 10.1 Å². The lowest BCUT2D eigenvalue weighted by atomic mass is 9.99. The number of fused-ring (bicyclic) bond motifs is 1. The van der Waals surface area contributed by atoms with E-state index in [9.17, 15) is 9.90 Å². The number of anilines is 1.